The molecule has 0 saturated carbocycles. The minimum absolute atomic E-state index is 0.0715. The lowest BCUT2D eigenvalue weighted by Crippen LogP contribution is -2.28. The van der Waals surface area contributed by atoms with Gasteiger partial charge < -0.3 is 10.2 Å². The highest BCUT2D eigenvalue weighted by Gasteiger charge is 2.35. The molecule has 136 valence electrons. The standard InChI is InChI=1S/C20H17ClN4O2/c21-15-6-8-16(9-7-15)24-13-14(12-19(24)26)20(27)23-17-4-1-2-5-18(17)25-11-3-10-22-25/h1-11,14H,12-13H2,(H,23,27). The fourth-order valence-electron chi connectivity index (χ4n) is 3.18. The number of amides is 2. The van der Waals surface area contributed by atoms with Gasteiger partial charge >= 0.3 is 0 Å². The maximum Gasteiger partial charge on any atom is 0.229 e. The Hall–Kier alpha value is -3.12. The largest absolute Gasteiger partial charge is 0.324 e. The van der Waals surface area contributed by atoms with Gasteiger partial charge in [0.05, 0.1) is 17.3 Å². The molecule has 0 bridgehead atoms. The molecule has 0 radical (unpaired) electrons. The molecule has 2 aromatic carbocycles. The number of halogens is 1. The van der Waals surface area contributed by atoms with Crippen LogP contribution in [0.2, 0.25) is 5.02 Å². The molecule has 2 amide bonds. The Kier molecular flexibility index (Phi) is 4.64. The van der Waals surface area contributed by atoms with Gasteiger partial charge in [-0.1, -0.05) is 23.7 Å². The first kappa shape index (κ1) is 17.3. The lowest BCUT2D eigenvalue weighted by molar-refractivity contribution is -0.122. The Balaban J connectivity index is 1.50. The van der Waals surface area contributed by atoms with Gasteiger partial charge in [-0.25, -0.2) is 4.68 Å². The molecule has 4 rings (SSSR count). The van der Waals surface area contributed by atoms with Crippen LogP contribution in [0.15, 0.2) is 67.0 Å². The lowest BCUT2D eigenvalue weighted by atomic mass is 10.1. The quantitative estimate of drug-likeness (QED) is 0.753. The smallest absolute Gasteiger partial charge is 0.229 e. The van der Waals surface area contributed by atoms with Crippen LogP contribution < -0.4 is 10.2 Å². The lowest BCUT2D eigenvalue weighted by Gasteiger charge is -2.17. The molecule has 1 aliphatic heterocycles. The van der Waals surface area contributed by atoms with E-state index in [-0.39, 0.29) is 18.2 Å². The van der Waals surface area contributed by atoms with Gasteiger partial charge in [-0.3, -0.25) is 9.59 Å². The first-order valence-electron chi connectivity index (χ1n) is 8.57. The van der Waals surface area contributed by atoms with Crippen molar-refractivity contribution in [3.63, 3.8) is 0 Å². The predicted octanol–water partition coefficient (Wildman–Crippen LogP) is 3.52. The molecule has 1 saturated heterocycles. The van der Waals surface area contributed by atoms with Gasteiger partial charge in [0.2, 0.25) is 11.8 Å². The van der Waals surface area contributed by atoms with Crippen LogP contribution in [0, 0.1) is 5.92 Å². The predicted molar refractivity (Wildman–Crippen MR) is 104 cm³/mol. The van der Waals surface area contributed by atoms with Crippen LogP contribution in [0.25, 0.3) is 5.69 Å². The Morgan fingerprint density at radius 3 is 2.63 bits per heavy atom. The Morgan fingerprint density at radius 2 is 1.89 bits per heavy atom. The van der Waals surface area contributed by atoms with Crippen molar-refractivity contribution >= 4 is 34.8 Å². The van der Waals surface area contributed by atoms with E-state index in [9.17, 15) is 9.59 Å². The minimum Gasteiger partial charge on any atom is -0.324 e. The molecule has 2 heterocycles. The second-order valence-corrected chi connectivity index (χ2v) is 6.78. The van der Waals surface area contributed by atoms with Crippen molar-refractivity contribution in [1.82, 2.24) is 9.78 Å². The summed E-state index contributed by atoms with van der Waals surface area (Å²) in [6, 6.07) is 16.3. The third-order valence-electron chi connectivity index (χ3n) is 4.55. The van der Waals surface area contributed by atoms with Gasteiger partial charge in [-0.05, 0) is 42.5 Å². The summed E-state index contributed by atoms with van der Waals surface area (Å²) in [4.78, 5) is 26.8. The second-order valence-electron chi connectivity index (χ2n) is 6.34. The fraction of sp³-hybridized carbons (Fsp3) is 0.150. The average molecular weight is 381 g/mol. The summed E-state index contributed by atoms with van der Waals surface area (Å²) in [7, 11) is 0. The Labute approximate surface area is 161 Å². The number of nitrogens with zero attached hydrogens (tertiary/aromatic N) is 3. The Morgan fingerprint density at radius 1 is 1.11 bits per heavy atom. The van der Waals surface area contributed by atoms with Crippen LogP contribution in [-0.2, 0) is 9.59 Å². The summed E-state index contributed by atoms with van der Waals surface area (Å²) in [6.07, 6.45) is 3.67. The van der Waals surface area contributed by atoms with Crippen molar-refractivity contribution in [2.75, 3.05) is 16.8 Å². The number of carbonyl (C=O) groups is 2. The van der Waals surface area contributed by atoms with Crippen LogP contribution in [0.4, 0.5) is 11.4 Å². The zero-order valence-corrected chi connectivity index (χ0v) is 15.1. The van der Waals surface area contributed by atoms with E-state index in [1.807, 2.05) is 36.5 Å². The summed E-state index contributed by atoms with van der Waals surface area (Å²) in [5.74, 6) is -0.670. The third kappa shape index (κ3) is 3.57. The minimum atomic E-state index is -0.418. The van der Waals surface area contributed by atoms with E-state index < -0.39 is 5.92 Å². The highest BCUT2D eigenvalue weighted by Crippen LogP contribution is 2.28. The molecule has 0 spiro atoms. The Bertz CT molecular complexity index is 970. The summed E-state index contributed by atoms with van der Waals surface area (Å²) in [6.45, 7) is 0.343. The number of anilines is 2. The van der Waals surface area contributed by atoms with Gasteiger partial charge in [0.1, 0.15) is 0 Å². The van der Waals surface area contributed by atoms with Crippen LogP contribution in [0.1, 0.15) is 6.42 Å². The molecule has 1 unspecified atom stereocenters. The number of carbonyl (C=O) groups excluding carboxylic acids is 2. The molecule has 27 heavy (non-hydrogen) atoms. The van der Waals surface area contributed by atoms with E-state index >= 15 is 0 Å². The highest BCUT2D eigenvalue weighted by molar-refractivity contribution is 6.30. The van der Waals surface area contributed by atoms with Gasteiger partial charge in [0.25, 0.3) is 0 Å². The van der Waals surface area contributed by atoms with Crippen molar-refractivity contribution in [2.45, 2.75) is 6.42 Å². The molecule has 6 nitrogen and oxygen atoms in total. The number of nitrogens with one attached hydrogen (secondary N) is 1. The molecular formula is C20H17ClN4O2. The summed E-state index contributed by atoms with van der Waals surface area (Å²) in [5.41, 5.74) is 2.18. The van der Waals surface area contributed by atoms with E-state index in [0.29, 0.717) is 17.3 Å². The summed E-state index contributed by atoms with van der Waals surface area (Å²) in [5, 5.41) is 7.76. The van der Waals surface area contributed by atoms with Gasteiger partial charge in [0, 0.05) is 36.1 Å². The number of hydrogen-bond acceptors (Lipinski definition) is 3. The second kappa shape index (κ2) is 7.25. The zero-order valence-electron chi connectivity index (χ0n) is 14.4. The molecule has 7 heteroatoms. The van der Waals surface area contributed by atoms with Crippen LogP contribution in [-0.4, -0.2) is 28.1 Å². The maximum absolute atomic E-state index is 12.8. The first-order chi connectivity index (χ1) is 13.1. The number of rotatable bonds is 4. The number of para-hydroxylation sites is 2. The molecule has 3 aromatic rings. The highest BCUT2D eigenvalue weighted by atomic mass is 35.5. The van der Waals surface area contributed by atoms with Crippen molar-refractivity contribution < 1.29 is 9.59 Å². The van der Waals surface area contributed by atoms with E-state index in [0.717, 1.165) is 11.4 Å². The number of aromatic nitrogens is 2. The van der Waals surface area contributed by atoms with Crippen molar-refractivity contribution in [2.24, 2.45) is 5.92 Å². The molecule has 0 aliphatic carbocycles. The van der Waals surface area contributed by atoms with Crippen molar-refractivity contribution in [3.8, 4) is 5.69 Å². The normalized spacial score (nSPS) is 16.6. The monoisotopic (exact) mass is 380 g/mol. The van der Waals surface area contributed by atoms with Crippen molar-refractivity contribution in [1.29, 1.82) is 0 Å². The molecule has 1 atom stereocenters. The van der Waals surface area contributed by atoms with E-state index in [1.165, 1.54) is 0 Å². The van der Waals surface area contributed by atoms with Crippen LogP contribution in [0.3, 0.4) is 0 Å². The molecule has 1 aromatic heterocycles. The third-order valence-corrected chi connectivity index (χ3v) is 4.80. The molecule has 1 aliphatic rings. The van der Waals surface area contributed by atoms with E-state index in [1.54, 1.807) is 40.0 Å². The van der Waals surface area contributed by atoms with Gasteiger partial charge in [0.15, 0.2) is 0 Å². The number of benzene rings is 2. The van der Waals surface area contributed by atoms with E-state index in [2.05, 4.69) is 10.4 Å². The molecule has 1 fully saturated rings. The first-order valence-corrected chi connectivity index (χ1v) is 8.95. The van der Waals surface area contributed by atoms with Crippen LogP contribution >= 0.6 is 11.6 Å². The topological polar surface area (TPSA) is 67.2 Å². The van der Waals surface area contributed by atoms with E-state index in [4.69, 9.17) is 11.6 Å². The summed E-state index contributed by atoms with van der Waals surface area (Å²) < 4.78 is 1.69. The van der Waals surface area contributed by atoms with Crippen molar-refractivity contribution in [3.05, 3.63) is 72.0 Å². The SMILES string of the molecule is O=C(Nc1ccccc1-n1cccn1)C1CC(=O)N(c2ccc(Cl)cc2)C1. The fourth-order valence-corrected chi connectivity index (χ4v) is 3.30. The summed E-state index contributed by atoms with van der Waals surface area (Å²) >= 11 is 5.91. The molecular weight excluding hydrogens is 364 g/mol. The molecule has 1 N–H and O–H groups in total. The van der Waals surface area contributed by atoms with Crippen LogP contribution in [0.5, 0.6) is 0 Å². The number of hydrogen-bond donors (Lipinski definition) is 1. The zero-order chi connectivity index (χ0) is 18.8. The maximum atomic E-state index is 12.8. The van der Waals surface area contributed by atoms with Gasteiger partial charge in [-0.2, -0.15) is 5.10 Å². The van der Waals surface area contributed by atoms with Gasteiger partial charge in [-0.15, -0.1) is 0 Å². The average Bonchev–Trinajstić information content (AvgIpc) is 3.33.